The molecule has 0 amide bonds. The number of thiazole rings is 1. The molecule has 0 saturated carbocycles. The summed E-state index contributed by atoms with van der Waals surface area (Å²) in [5.74, 6) is 0. The van der Waals surface area contributed by atoms with Crippen molar-refractivity contribution < 1.29 is 0 Å². The van der Waals surface area contributed by atoms with Gasteiger partial charge in [0.15, 0.2) is 0 Å². The Morgan fingerprint density at radius 1 is 1.41 bits per heavy atom. The molecule has 1 unspecified atom stereocenters. The highest BCUT2D eigenvalue weighted by atomic mass is 32.1. The molecule has 0 bridgehead atoms. The third-order valence-electron chi connectivity index (χ3n) is 2.72. The minimum absolute atomic E-state index is 0.247. The first-order valence-electron chi connectivity index (χ1n) is 5.93. The maximum absolute atomic E-state index is 6.12. The highest BCUT2D eigenvalue weighted by Crippen LogP contribution is 2.14. The van der Waals surface area contributed by atoms with Crippen molar-refractivity contribution in [1.29, 1.82) is 0 Å². The van der Waals surface area contributed by atoms with Gasteiger partial charge >= 0.3 is 0 Å². The summed E-state index contributed by atoms with van der Waals surface area (Å²) in [5, 5.41) is 5.38. The SMILES string of the molecule is Cc1nc(CC(N)CCCc2cccs2)cs1. The molecule has 0 fully saturated rings. The van der Waals surface area contributed by atoms with Crippen LogP contribution in [-0.2, 0) is 12.8 Å². The van der Waals surface area contributed by atoms with Gasteiger partial charge in [0.25, 0.3) is 0 Å². The van der Waals surface area contributed by atoms with E-state index in [4.69, 9.17) is 5.73 Å². The zero-order valence-electron chi connectivity index (χ0n) is 10.1. The normalized spacial score (nSPS) is 12.8. The number of hydrogen-bond donors (Lipinski definition) is 1. The average molecular weight is 266 g/mol. The average Bonchev–Trinajstić information content (AvgIpc) is 2.90. The largest absolute Gasteiger partial charge is 0.327 e. The van der Waals surface area contributed by atoms with E-state index in [1.165, 1.54) is 11.3 Å². The molecule has 2 rings (SSSR count). The predicted octanol–water partition coefficient (Wildman–Crippen LogP) is 3.41. The second-order valence-corrected chi connectivity index (χ2v) is 6.39. The molecule has 0 spiro atoms. The third-order valence-corrected chi connectivity index (χ3v) is 4.47. The Hall–Kier alpha value is -0.710. The molecule has 2 aromatic heterocycles. The molecule has 0 radical (unpaired) electrons. The fourth-order valence-electron chi connectivity index (χ4n) is 1.87. The molecule has 2 nitrogen and oxygen atoms in total. The molecule has 1 atom stereocenters. The Morgan fingerprint density at radius 3 is 2.94 bits per heavy atom. The summed E-state index contributed by atoms with van der Waals surface area (Å²) < 4.78 is 0. The second kappa shape index (κ2) is 6.28. The van der Waals surface area contributed by atoms with Gasteiger partial charge in [0.1, 0.15) is 0 Å². The van der Waals surface area contributed by atoms with Gasteiger partial charge in [-0.1, -0.05) is 6.07 Å². The zero-order valence-corrected chi connectivity index (χ0v) is 11.7. The number of rotatable bonds is 6. The van der Waals surface area contributed by atoms with Crippen molar-refractivity contribution in [1.82, 2.24) is 4.98 Å². The lowest BCUT2D eigenvalue weighted by Crippen LogP contribution is -2.23. The van der Waals surface area contributed by atoms with Crippen molar-refractivity contribution in [3.8, 4) is 0 Å². The Balaban J connectivity index is 1.69. The number of nitrogens with zero attached hydrogens (tertiary/aromatic N) is 1. The maximum atomic E-state index is 6.12. The number of aromatic nitrogens is 1. The van der Waals surface area contributed by atoms with Gasteiger partial charge in [-0.2, -0.15) is 0 Å². The van der Waals surface area contributed by atoms with E-state index in [0.29, 0.717) is 0 Å². The molecular formula is C13H18N2S2. The minimum atomic E-state index is 0.247. The third kappa shape index (κ3) is 4.22. The van der Waals surface area contributed by atoms with E-state index in [-0.39, 0.29) is 6.04 Å². The molecule has 2 heterocycles. The van der Waals surface area contributed by atoms with Crippen LogP contribution in [0.3, 0.4) is 0 Å². The van der Waals surface area contributed by atoms with Gasteiger partial charge in [-0.3, -0.25) is 0 Å². The van der Waals surface area contributed by atoms with E-state index in [1.54, 1.807) is 11.3 Å². The van der Waals surface area contributed by atoms with E-state index in [9.17, 15) is 0 Å². The van der Waals surface area contributed by atoms with E-state index < -0.39 is 0 Å². The Bertz CT molecular complexity index is 434. The van der Waals surface area contributed by atoms with Crippen LogP contribution >= 0.6 is 22.7 Å². The van der Waals surface area contributed by atoms with Crippen molar-refractivity contribution in [2.75, 3.05) is 0 Å². The predicted molar refractivity (Wildman–Crippen MR) is 75.8 cm³/mol. The fourth-order valence-corrected chi connectivity index (χ4v) is 3.24. The molecule has 0 saturated heterocycles. The van der Waals surface area contributed by atoms with Crippen LogP contribution in [0.4, 0.5) is 0 Å². The highest BCUT2D eigenvalue weighted by molar-refractivity contribution is 7.10. The second-order valence-electron chi connectivity index (χ2n) is 4.29. The molecule has 2 aromatic rings. The molecule has 4 heteroatoms. The number of thiophene rings is 1. The van der Waals surface area contributed by atoms with Gasteiger partial charge < -0.3 is 5.73 Å². The van der Waals surface area contributed by atoms with Crippen LogP contribution in [0.5, 0.6) is 0 Å². The van der Waals surface area contributed by atoms with Gasteiger partial charge in [0.2, 0.25) is 0 Å². The first kappa shape index (κ1) is 12.7. The molecule has 0 aliphatic rings. The summed E-state index contributed by atoms with van der Waals surface area (Å²) in [6.07, 6.45) is 4.31. The van der Waals surface area contributed by atoms with Crippen LogP contribution in [0.1, 0.15) is 28.4 Å². The molecule has 17 heavy (non-hydrogen) atoms. The van der Waals surface area contributed by atoms with Crippen LogP contribution in [0, 0.1) is 6.92 Å². The van der Waals surface area contributed by atoms with Crippen molar-refractivity contribution >= 4 is 22.7 Å². The molecule has 92 valence electrons. The van der Waals surface area contributed by atoms with Crippen LogP contribution in [0.2, 0.25) is 0 Å². The van der Waals surface area contributed by atoms with Crippen molar-refractivity contribution in [2.45, 2.75) is 38.6 Å². The highest BCUT2D eigenvalue weighted by Gasteiger charge is 2.07. The fraction of sp³-hybridized carbons (Fsp3) is 0.462. The van der Waals surface area contributed by atoms with Crippen LogP contribution < -0.4 is 5.73 Å². The lowest BCUT2D eigenvalue weighted by Gasteiger charge is -2.09. The molecular weight excluding hydrogens is 248 g/mol. The lowest BCUT2D eigenvalue weighted by molar-refractivity contribution is 0.577. The number of aryl methyl sites for hydroxylation is 2. The Kier molecular flexibility index (Phi) is 4.71. The lowest BCUT2D eigenvalue weighted by atomic mass is 10.1. The standard InChI is InChI=1S/C13H18N2S2/c1-10-15-12(9-17-10)8-11(14)4-2-5-13-6-3-7-16-13/h3,6-7,9,11H,2,4-5,8,14H2,1H3. The number of hydrogen-bond acceptors (Lipinski definition) is 4. The first-order chi connectivity index (χ1) is 8.24. The van der Waals surface area contributed by atoms with Gasteiger partial charge in [-0.05, 0) is 37.6 Å². The van der Waals surface area contributed by atoms with Gasteiger partial charge in [0, 0.05) is 22.7 Å². The summed E-state index contributed by atoms with van der Waals surface area (Å²) in [6, 6.07) is 4.55. The summed E-state index contributed by atoms with van der Waals surface area (Å²) in [4.78, 5) is 5.91. The van der Waals surface area contributed by atoms with Crippen LogP contribution in [0.15, 0.2) is 22.9 Å². The summed E-state index contributed by atoms with van der Waals surface area (Å²) in [7, 11) is 0. The summed E-state index contributed by atoms with van der Waals surface area (Å²) in [5.41, 5.74) is 7.27. The smallest absolute Gasteiger partial charge is 0.0897 e. The maximum Gasteiger partial charge on any atom is 0.0897 e. The zero-order chi connectivity index (χ0) is 12.1. The Morgan fingerprint density at radius 2 is 2.29 bits per heavy atom. The van der Waals surface area contributed by atoms with Gasteiger partial charge in [0.05, 0.1) is 10.7 Å². The van der Waals surface area contributed by atoms with Crippen molar-refractivity contribution in [3.63, 3.8) is 0 Å². The van der Waals surface area contributed by atoms with E-state index in [0.717, 1.165) is 30.0 Å². The molecule has 0 aliphatic carbocycles. The monoisotopic (exact) mass is 266 g/mol. The van der Waals surface area contributed by atoms with Crippen LogP contribution in [-0.4, -0.2) is 11.0 Å². The topological polar surface area (TPSA) is 38.9 Å². The van der Waals surface area contributed by atoms with Gasteiger partial charge in [-0.15, -0.1) is 22.7 Å². The Labute approximate surface area is 111 Å². The van der Waals surface area contributed by atoms with Crippen molar-refractivity contribution in [3.05, 3.63) is 38.5 Å². The molecule has 2 N–H and O–H groups in total. The molecule has 0 aromatic carbocycles. The van der Waals surface area contributed by atoms with Gasteiger partial charge in [-0.25, -0.2) is 4.98 Å². The molecule has 0 aliphatic heterocycles. The number of nitrogens with two attached hydrogens (primary N) is 1. The van der Waals surface area contributed by atoms with E-state index in [2.05, 4.69) is 27.9 Å². The quantitative estimate of drug-likeness (QED) is 0.870. The van der Waals surface area contributed by atoms with E-state index >= 15 is 0 Å². The minimum Gasteiger partial charge on any atom is -0.327 e. The van der Waals surface area contributed by atoms with E-state index in [1.807, 2.05) is 18.3 Å². The summed E-state index contributed by atoms with van der Waals surface area (Å²) >= 11 is 3.53. The van der Waals surface area contributed by atoms with Crippen molar-refractivity contribution in [2.24, 2.45) is 5.73 Å². The van der Waals surface area contributed by atoms with Crippen LogP contribution in [0.25, 0.3) is 0 Å². The first-order valence-corrected chi connectivity index (χ1v) is 7.69. The summed E-state index contributed by atoms with van der Waals surface area (Å²) in [6.45, 7) is 2.04.